The predicted molar refractivity (Wildman–Crippen MR) is 71.2 cm³/mol. The van der Waals surface area contributed by atoms with Gasteiger partial charge in [0.05, 0.1) is 6.20 Å². The summed E-state index contributed by atoms with van der Waals surface area (Å²) in [6, 6.07) is 9.37. The van der Waals surface area contributed by atoms with Crippen LogP contribution in [0.1, 0.15) is 36.0 Å². The Morgan fingerprint density at radius 3 is 2.79 bits per heavy atom. The summed E-state index contributed by atoms with van der Waals surface area (Å²) >= 11 is 0. The third-order valence-corrected chi connectivity index (χ3v) is 3.92. The average molecular weight is 257 g/mol. The van der Waals surface area contributed by atoms with Gasteiger partial charge < -0.3 is 5.11 Å². The third-order valence-electron chi connectivity index (χ3n) is 3.92. The molecular weight excluding hydrogens is 241 g/mol. The Morgan fingerprint density at radius 2 is 1.95 bits per heavy atom. The van der Waals surface area contributed by atoms with Gasteiger partial charge in [-0.2, -0.15) is 0 Å². The van der Waals surface area contributed by atoms with Crippen LogP contribution in [0.3, 0.4) is 0 Å². The van der Waals surface area contributed by atoms with Crippen molar-refractivity contribution >= 4 is 0 Å². The first-order valence-electron chi connectivity index (χ1n) is 6.62. The molecule has 0 fully saturated rings. The van der Waals surface area contributed by atoms with Crippen molar-refractivity contribution in [3.63, 3.8) is 0 Å². The van der Waals surface area contributed by atoms with E-state index in [4.69, 9.17) is 0 Å². The van der Waals surface area contributed by atoms with E-state index in [1.54, 1.807) is 6.07 Å². The fourth-order valence-electron chi connectivity index (χ4n) is 2.96. The number of halogens is 1. The molecule has 3 rings (SSSR count). The highest BCUT2D eigenvalue weighted by Gasteiger charge is 2.36. The Bertz CT molecular complexity index is 599. The minimum absolute atomic E-state index is 0.330. The maximum atomic E-state index is 14.0. The van der Waals surface area contributed by atoms with Gasteiger partial charge in [-0.3, -0.25) is 4.98 Å². The highest BCUT2D eigenvalue weighted by atomic mass is 19.1. The molecular formula is C16H16FNO. The van der Waals surface area contributed by atoms with Crippen molar-refractivity contribution in [2.75, 3.05) is 0 Å². The van der Waals surface area contributed by atoms with Crippen LogP contribution >= 0.6 is 0 Å². The molecule has 1 aromatic carbocycles. The van der Waals surface area contributed by atoms with E-state index in [9.17, 15) is 9.50 Å². The lowest BCUT2D eigenvalue weighted by molar-refractivity contribution is 0.0664. The number of aromatic nitrogens is 1. The van der Waals surface area contributed by atoms with E-state index < -0.39 is 11.4 Å². The SMILES string of the molecule is OC1(c2ccncc2F)CCCCc2ccccc21. The molecule has 2 aromatic rings. The zero-order valence-corrected chi connectivity index (χ0v) is 10.6. The Balaban J connectivity index is 2.20. The second-order valence-electron chi connectivity index (χ2n) is 5.08. The van der Waals surface area contributed by atoms with Crippen molar-refractivity contribution in [2.45, 2.75) is 31.3 Å². The van der Waals surface area contributed by atoms with Crippen LogP contribution in [0.2, 0.25) is 0 Å². The van der Waals surface area contributed by atoms with Crippen molar-refractivity contribution in [3.05, 3.63) is 65.2 Å². The van der Waals surface area contributed by atoms with Crippen molar-refractivity contribution < 1.29 is 9.50 Å². The zero-order chi connectivity index (χ0) is 13.3. The summed E-state index contributed by atoms with van der Waals surface area (Å²) in [5.41, 5.74) is 1.04. The van der Waals surface area contributed by atoms with Gasteiger partial charge >= 0.3 is 0 Å². The first kappa shape index (κ1) is 12.3. The van der Waals surface area contributed by atoms with Crippen LogP contribution in [0.4, 0.5) is 4.39 Å². The molecule has 0 bridgehead atoms. The average Bonchev–Trinajstić information content (AvgIpc) is 2.60. The van der Waals surface area contributed by atoms with Crippen molar-refractivity contribution in [1.82, 2.24) is 4.98 Å². The Labute approximate surface area is 111 Å². The molecule has 1 N–H and O–H groups in total. The highest BCUT2D eigenvalue weighted by molar-refractivity contribution is 5.41. The molecule has 1 aliphatic rings. The number of pyridine rings is 1. The molecule has 0 spiro atoms. The molecule has 2 nitrogen and oxygen atoms in total. The fraction of sp³-hybridized carbons (Fsp3) is 0.312. The number of nitrogens with zero attached hydrogens (tertiary/aromatic N) is 1. The minimum atomic E-state index is -1.24. The third kappa shape index (κ3) is 2.04. The molecule has 0 saturated heterocycles. The largest absolute Gasteiger partial charge is 0.380 e. The van der Waals surface area contributed by atoms with Gasteiger partial charge in [0, 0.05) is 11.8 Å². The van der Waals surface area contributed by atoms with Gasteiger partial charge in [-0.25, -0.2) is 4.39 Å². The molecule has 1 atom stereocenters. The monoisotopic (exact) mass is 257 g/mol. The number of benzene rings is 1. The van der Waals surface area contributed by atoms with Gasteiger partial charge in [-0.15, -0.1) is 0 Å². The predicted octanol–water partition coefficient (Wildman–Crippen LogP) is 3.18. The standard InChI is InChI=1S/C16H16FNO/c17-15-11-18-10-8-14(15)16(19)9-4-3-6-12-5-1-2-7-13(12)16/h1-2,5,7-8,10-11,19H,3-4,6,9H2. The van der Waals surface area contributed by atoms with E-state index in [-0.39, 0.29) is 0 Å². The molecule has 1 aliphatic carbocycles. The molecule has 98 valence electrons. The fourth-order valence-corrected chi connectivity index (χ4v) is 2.96. The van der Waals surface area contributed by atoms with E-state index in [0.29, 0.717) is 12.0 Å². The van der Waals surface area contributed by atoms with Gasteiger partial charge in [-0.05, 0) is 42.9 Å². The quantitative estimate of drug-likeness (QED) is 0.796. The first-order valence-corrected chi connectivity index (χ1v) is 6.62. The van der Waals surface area contributed by atoms with E-state index in [0.717, 1.165) is 30.4 Å². The molecule has 19 heavy (non-hydrogen) atoms. The first-order chi connectivity index (χ1) is 9.22. The summed E-state index contributed by atoms with van der Waals surface area (Å²) in [6.07, 6.45) is 6.08. The van der Waals surface area contributed by atoms with Crippen LogP contribution in [0.15, 0.2) is 42.7 Å². The molecule has 3 heteroatoms. The maximum absolute atomic E-state index is 14.0. The van der Waals surface area contributed by atoms with Crippen LogP contribution in [0.25, 0.3) is 0 Å². The normalized spacial score (nSPS) is 22.6. The maximum Gasteiger partial charge on any atom is 0.147 e. The molecule has 1 heterocycles. The molecule has 0 radical (unpaired) electrons. The molecule has 1 aromatic heterocycles. The smallest absolute Gasteiger partial charge is 0.147 e. The van der Waals surface area contributed by atoms with Crippen LogP contribution in [0, 0.1) is 5.82 Å². The van der Waals surface area contributed by atoms with Crippen molar-refractivity contribution in [3.8, 4) is 0 Å². The Kier molecular flexibility index (Phi) is 3.07. The minimum Gasteiger partial charge on any atom is -0.380 e. The van der Waals surface area contributed by atoms with E-state index in [1.165, 1.54) is 12.4 Å². The summed E-state index contributed by atoms with van der Waals surface area (Å²) in [5, 5.41) is 11.1. The lowest BCUT2D eigenvalue weighted by atomic mass is 9.82. The second-order valence-corrected chi connectivity index (χ2v) is 5.08. The molecule has 0 amide bonds. The van der Waals surface area contributed by atoms with Crippen LogP contribution < -0.4 is 0 Å². The number of hydrogen-bond donors (Lipinski definition) is 1. The number of rotatable bonds is 1. The summed E-state index contributed by atoms with van der Waals surface area (Å²) in [7, 11) is 0. The van der Waals surface area contributed by atoms with Gasteiger partial charge in [0.25, 0.3) is 0 Å². The van der Waals surface area contributed by atoms with Crippen LogP contribution in [-0.2, 0) is 12.0 Å². The van der Waals surface area contributed by atoms with Crippen LogP contribution in [-0.4, -0.2) is 10.1 Å². The molecule has 1 unspecified atom stereocenters. The van der Waals surface area contributed by atoms with Gasteiger partial charge in [0.15, 0.2) is 0 Å². The van der Waals surface area contributed by atoms with Crippen molar-refractivity contribution in [2.24, 2.45) is 0 Å². The topological polar surface area (TPSA) is 33.1 Å². The van der Waals surface area contributed by atoms with Gasteiger partial charge in [-0.1, -0.05) is 24.3 Å². The number of hydrogen-bond acceptors (Lipinski definition) is 2. The molecule has 0 aliphatic heterocycles. The van der Waals surface area contributed by atoms with E-state index in [1.807, 2.05) is 24.3 Å². The van der Waals surface area contributed by atoms with Gasteiger partial charge in [0.2, 0.25) is 0 Å². The summed E-state index contributed by atoms with van der Waals surface area (Å²) in [5.74, 6) is -0.443. The highest BCUT2D eigenvalue weighted by Crippen LogP contribution is 2.40. The van der Waals surface area contributed by atoms with E-state index in [2.05, 4.69) is 4.98 Å². The summed E-state index contributed by atoms with van der Waals surface area (Å²) < 4.78 is 14.0. The summed E-state index contributed by atoms with van der Waals surface area (Å²) in [6.45, 7) is 0. The zero-order valence-electron chi connectivity index (χ0n) is 10.6. The number of fused-ring (bicyclic) bond motifs is 1. The summed E-state index contributed by atoms with van der Waals surface area (Å²) in [4.78, 5) is 3.76. The number of aryl methyl sites for hydroxylation is 1. The van der Waals surface area contributed by atoms with Crippen LogP contribution in [0.5, 0.6) is 0 Å². The lowest BCUT2D eigenvalue weighted by Crippen LogP contribution is -2.28. The van der Waals surface area contributed by atoms with Gasteiger partial charge in [0.1, 0.15) is 11.4 Å². The van der Waals surface area contributed by atoms with Crippen molar-refractivity contribution in [1.29, 1.82) is 0 Å². The Morgan fingerprint density at radius 1 is 1.11 bits per heavy atom. The number of aliphatic hydroxyl groups is 1. The Hall–Kier alpha value is -1.74. The van der Waals surface area contributed by atoms with E-state index >= 15 is 0 Å². The lowest BCUT2D eigenvalue weighted by Gasteiger charge is -2.29. The molecule has 0 saturated carbocycles. The second kappa shape index (κ2) is 4.74.